The second-order valence-electron chi connectivity index (χ2n) is 7.55. The van der Waals surface area contributed by atoms with Crippen molar-refractivity contribution >= 4 is 29.2 Å². The quantitative estimate of drug-likeness (QED) is 0.186. The highest BCUT2D eigenvalue weighted by atomic mass is 16.6. The SMILES string of the molecule is CCCCCC[C@H](C)OC(=O)c1ccc2c(c1)C(=O)N(c1cccc([N+](=O)[O-])c1)C2=O. The Morgan fingerprint density at radius 2 is 1.81 bits per heavy atom. The molecule has 3 rings (SSSR count). The number of nitrogens with zero attached hydrogens (tertiary/aromatic N) is 2. The number of fused-ring (bicyclic) bond motifs is 1. The molecule has 0 aliphatic carbocycles. The molecule has 1 atom stereocenters. The molecule has 0 N–H and O–H groups in total. The molecule has 0 bridgehead atoms. The number of anilines is 1. The summed E-state index contributed by atoms with van der Waals surface area (Å²) in [6.45, 7) is 3.96. The fraction of sp³-hybridized carbons (Fsp3) is 0.348. The summed E-state index contributed by atoms with van der Waals surface area (Å²) in [6.07, 6.45) is 4.83. The first-order valence-corrected chi connectivity index (χ1v) is 10.3. The summed E-state index contributed by atoms with van der Waals surface area (Å²) in [5.41, 5.74) is 0.264. The van der Waals surface area contributed by atoms with Crippen LogP contribution in [0.1, 0.15) is 77.0 Å². The molecule has 8 heteroatoms. The van der Waals surface area contributed by atoms with Crippen molar-refractivity contribution in [2.45, 2.75) is 52.1 Å². The number of unbranched alkanes of at least 4 members (excludes halogenated alkanes) is 3. The van der Waals surface area contributed by atoms with Gasteiger partial charge in [0.15, 0.2) is 0 Å². The van der Waals surface area contributed by atoms with Gasteiger partial charge in [-0.2, -0.15) is 0 Å². The molecule has 8 nitrogen and oxygen atoms in total. The largest absolute Gasteiger partial charge is 0.459 e. The lowest BCUT2D eigenvalue weighted by Crippen LogP contribution is -2.29. The number of hydrogen-bond donors (Lipinski definition) is 0. The van der Waals surface area contributed by atoms with Crippen molar-refractivity contribution < 1.29 is 24.0 Å². The summed E-state index contributed by atoms with van der Waals surface area (Å²) in [5, 5.41) is 11.0. The molecule has 2 aromatic carbocycles. The van der Waals surface area contributed by atoms with Gasteiger partial charge in [-0.15, -0.1) is 0 Å². The number of rotatable bonds is 9. The number of amides is 2. The second-order valence-corrected chi connectivity index (χ2v) is 7.55. The molecular formula is C23H24N2O6. The average Bonchev–Trinajstić information content (AvgIpc) is 3.01. The molecule has 2 amide bonds. The Balaban J connectivity index is 1.76. The molecule has 0 aromatic heterocycles. The maximum atomic E-state index is 12.9. The molecule has 1 heterocycles. The lowest BCUT2D eigenvalue weighted by atomic mass is 10.1. The molecule has 0 spiro atoms. The van der Waals surface area contributed by atoms with Crippen LogP contribution in [0.3, 0.4) is 0 Å². The predicted octanol–water partition coefficient (Wildman–Crippen LogP) is 4.91. The Hall–Kier alpha value is -3.55. The number of carbonyl (C=O) groups is 3. The van der Waals surface area contributed by atoms with Crippen molar-refractivity contribution in [3.63, 3.8) is 0 Å². The summed E-state index contributed by atoms with van der Waals surface area (Å²) in [7, 11) is 0. The molecule has 162 valence electrons. The molecule has 31 heavy (non-hydrogen) atoms. The zero-order valence-electron chi connectivity index (χ0n) is 17.5. The van der Waals surface area contributed by atoms with Crippen molar-refractivity contribution in [1.29, 1.82) is 0 Å². The molecule has 0 saturated heterocycles. The summed E-state index contributed by atoms with van der Waals surface area (Å²) in [6, 6.07) is 9.50. The lowest BCUT2D eigenvalue weighted by Gasteiger charge is -2.13. The van der Waals surface area contributed by atoms with Crippen LogP contribution in [0.5, 0.6) is 0 Å². The highest BCUT2D eigenvalue weighted by Crippen LogP contribution is 2.31. The van der Waals surface area contributed by atoms with E-state index in [0.29, 0.717) is 0 Å². The Bertz CT molecular complexity index is 1030. The van der Waals surface area contributed by atoms with Crippen LogP contribution in [-0.2, 0) is 4.74 Å². The summed E-state index contributed by atoms with van der Waals surface area (Å²) >= 11 is 0. The number of ether oxygens (including phenoxy) is 1. The monoisotopic (exact) mass is 424 g/mol. The Morgan fingerprint density at radius 3 is 2.52 bits per heavy atom. The van der Waals surface area contributed by atoms with Crippen LogP contribution < -0.4 is 4.90 Å². The number of benzene rings is 2. The molecule has 1 aliphatic heterocycles. The average molecular weight is 424 g/mol. The highest BCUT2D eigenvalue weighted by molar-refractivity contribution is 6.34. The van der Waals surface area contributed by atoms with Gasteiger partial charge in [-0.25, -0.2) is 9.69 Å². The number of carbonyl (C=O) groups excluding carboxylic acids is 3. The van der Waals surface area contributed by atoms with Crippen LogP contribution >= 0.6 is 0 Å². The van der Waals surface area contributed by atoms with E-state index in [1.165, 1.54) is 36.4 Å². The van der Waals surface area contributed by atoms with Crippen molar-refractivity contribution in [3.8, 4) is 0 Å². The molecule has 0 unspecified atom stereocenters. The first-order chi connectivity index (χ1) is 14.8. The van der Waals surface area contributed by atoms with Crippen LogP contribution in [0.15, 0.2) is 42.5 Å². The Labute approximate surface area is 180 Å². The maximum absolute atomic E-state index is 12.9. The minimum absolute atomic E-state index is 0.0709. The smallest absolute Gasteiger partial charge is 0.338 e. The summed E-state index contributed by atoms with van der Waals surface area (Å²) in [5.74, 6) is -1.78. The van der Waals surface area contributed by atoms with Gasteiger partial charge in [-0.1, -0.05) is 32.3 Å². The van der Waals surface area contributed by atoms with Crippen LogP contribution in [0.25, 0.3) is 0 Å². The van der Waals surface area contributed by atoms with E-state index in [4.69, 9.17) is 4.74 Å². The number of imide groups is 1. The number of non-ortho nitro benzene ring substituents is 1. The van der Waals surface area contributed by atoms with Crippen LogP contribution in [-0.4, -0.2) is 28.8 Å². The summed E-state index contributed by atoms with van der Waals surface area (Å²) < 4.78 is 5.47. The van der Waals surface area contributed by atoms with Crippen molar-refractivity contribution in [3.05, 3.63) is 69.3 Å². The van der Waals surface area contributed by atoms with Gasteiger partial charge in [-0.05, 0) is 44.0 Å². The van der Waals surface area contributed by atoms with Crippen molar-refractivity contribution in [2.75, 3.05) is 4.90 Å². The summed E-state index contributed by atoms with van der Waals surface area (Å²) in [4.78, 5) is 49.4. The maximum Gasteiger partial charge on any atom is 0.338 e. The zero-order chi connectivity index (χ0) is 22.5. The topological polar surface area (TPSA) is 107 Å². The Kier molecular flexibility index (Phi) is 6.79. The molecule has 2 aromatic rings. The molecule has 1 aliphatic rings. The molecule has 0 fully saturated rings. The van der Waals surface area contributed by atoms with Crippen LogP contribution in [0.2, 0.25) is 0 Å². The van der Waals surface area contributed by atoms with Gasteiger partial charge in [0, 0.05) is 12.1 Å². The number of nitro groups is 1. The third kappa shape index (κ3) is 4.79. The van der Waals surface area contributed by atoms with E-state index >= 15 is 0 Å². The predicted molar refractivity (Wildman–Crippen MR) is 114 cm³/mol. The van der Waals surface area contributed by atoms with E-state index in [1.54, 1.807) is 0 Å². The van der Waals surface area contributed by atoms with Gasteiger partial charge >= 0.3 is 5.97 Å². The molecule has 0 saturated carbocycles. The van der Waals surface area contributed by atoms with Gasteiger partial charge in [0.2, 0.25) is 0 Å². The second kappa shape index (κ2) is 9.51. The fourth-order valence-electron chi connectivity index (χ4n) is 3.52. The molecule has 0 radical (unpaired) electrons. The van der Waals surface area contributed by atoms with E-state index in [2.05, 4.69) is 6.92 Å². The minimum atomic E-state index is -0.636. The minimum Gasteiger partial charge on any atom is -0.459 e. The van der Waals surface area contributed by atoms with Gasteiger partial charge in [0.05, 0.1) is 33.4 Å². The van der Waals surface area contributed by atoms with E-state index in [9.17, 15) is 24.5 Å². The standard InChI is InChI=1S/C23H24N2O6/c1-3-4-5-6-8-15(2)31-23(28)16-11-12-19-20(13-16)22(27)24(21(19)26)17-9-7-10-18(14-17)25(29)30/h7,9-15H,3-6,8H2,1-2H3/t15-/m0/s1. The third-order valence-electron chi connectivity index (χ3n) is 5.19. The van der Waals surface area contributed by atoms with E-state index in [0.717, 1.165) is 43.1 Å². The van der Waals surface area contributed by atoms with E-state index in [1.807, 2.05) is 6.92 Å². The van der Waals surface area contributed by atoms with Gasteiger partial charge in [-0.3, -0.25) is 19.7 Å². The van der Waals surface area contributed by atoms with Crippen molar-refractivity contribution in [2.24, 2.45) is 0 Å². The first kappa shape index (κ1) is 22.1. The lowest BCUT2D eigenvalue weighted by molar-refractivity contribution is -0.384. The van der Waals surface area contributed by atoms with E-state index in [-0.39, 0.29) is 34.2 Å². The van der Waals surface area contributed by atoms with Crippen molar-refractivity contribution in [1.82, 2.24) is 0 Å². The van der Waals surface area contributed by atoms with Crippen LogP contribution in [0, 0.1) is 10.1 Å². The number of hydrogen-bond acceptors (Lipinski definition) is 6. The third-order valence-corrected chi connectivity index (χ3v) is 5.19. The number of nitro benzene ring substituents is 1. The van der Waals surface area contributed by atoms with E-state index < -0.39 is 22.7 Å². The first-order valence-electron chi connectivity index (χ1n) is 10.3. The Morgan fingerprint density at radius 1 is 1.06 bits per heavy atom. The van der Waals surface area contributed by atoms with Gasteiger partial charge < -0.3 is 4.74 Å². The zero-order valence-corrected chi connectivity index (χ0v) is 17.5. The van der Waals surface area contributed by atoms with Gasteiger partial charge in [0.1, 0.15) is 0 Å². The van der Waals surface area contributed by atoms with Gasteiger partial charge in [0.25, 0.3) is 17.5 Å². The molecular weight excluding hydrogens is 400 g/mol. The van der Waals surface area contributed by atoms with Crippen LogP contribution in [0.4, 0.5) is 11.4 Å². The normalized spacial score (nSPS) is 13.8. The fourth-order valence-corrected chi connectivity index (χ4v) is 3.52. The number of esters is 1. The highest BCUT2D eigenvalue weighted by Gasteiger charge is 2.37.